The molecule has 5 nitrogen and oxygen atoms in total. The van der Waals surface area contributed by atoms with Gasteiger partial charge in [-0.3, -0.25) is 9.59 Å². The number of hydrogen-bond donors (Lipinski definition) is 3. The Balaban J connectivity index is 3.68. The number of carbonyl (C=O) groups is 2. The highest BCUT2D eigenvalue weighted by Crippen LogP contribution is 2.09. The van der Waals surface area contributed by atoms with Gasteiger partial charge in [-0.25, -0.2) is 0 Å². The topological polar surface area (TPSA) is 101 Å². The lowest BCUT2D eigenvalue weighted by Crippen LogP contribution is -2.33. The van der Waals surface area contributed by atoms with Gasteiger partial charge in [-0.15, -0.1) is 11.8 Å². The third-order valence-corrected chi connectivity index (χ3v) is 2.30. The lowest BCUT2D eigenvalue weighted by Gasteiger charge is -2.08. The molecule has 0 spiro atoms. The lowest BCUT2D eigenvalue weighted by atomic mass is 10.4. The van der Waals surface area contributed by atoms with Crippen LogP contribution in [-0.2, 0) is 9.59 Å². The number of aliphatic hydroxyl groups excluding tert-OH is 1. The van der Waals surface area contributed by atoms with E-state index in [-0.39, 0.29) is 5.75 Å². The zero-order valence-corrected chi connectivity index (χ0v) is 7.37. The van der Waals surface area contributed by atoms with E-state index in [0.717, 1.165) is 11.8 Å². The van der Waals surface area contributed by atoms with Gasteiger partial charge in [0, 0.05) is 5.75 Å². The van der Waals surface area contributed by atoms with Gasteiger partial charge in [0.15, 0.2) is 11.2 Å². The van der Waals surface area contributed by atoms with Crippen LogP contribution in [0.2, 0.25) is 0 Å². The van der Waals surface area contributed by atoms with Gasteiger partial charge in [-0.1, -0.05) is 0 Å². The summed E-state index contributed by atoms with van der Waals surface area (Å²) in [6, 6.07) is -1.04. The Kier molecular flexibility index (Phi) is 4.87. The summed E-state index contributed by atoms with van der Waals surface area (Å²) in [5.41, 5.74) is 3.95. The molecule has 0 saturated carbocycles. The number of hydrogen-bond acceptors (Lipinski definition) is 5. The highest BCUT2D eigenvalue weighted by molar-refractivity contribution is 8.00. The Morgan fingerprint density at radius 3 is 2.42 bits per heavy atom. The molecule has 0 fully saturated rings. The summed E-state index contributed by atoms with van der Waals surface area (Å²) < 4.78 is 0. The van der Waals surface area contributed by atoms with Crippen LogP contribution in [0, 0.1) is 0 Å². The number of carboxylic acids is 1. The van der Waals surface area contributed by atoms with Crippen molar-refractivity contribution in [2.24, 2.45) is 5.73 Å². The molecule has 0 aromatic heterocycles. The molecule has 6 heteroatoms. The van der Waals surface area contributed by atoms with Gasteiger partial charge in [-0.2, -0.15) is 0 Å². The molecule has 70 valence electrons. The van der Waals surface area contributed by atoms with E-state index in [1.54, 1.807) is 0 Å². The van der Waals surface area contributed by atoms with Crippen molar-refractivity contribution in [3.8, 4) is 0 Å². The predicted molar refractivity (Wildman–Crippen MR) is 44.8 cm³/mol. The van der Waals surface area contributed by atoms with E-state index in [9.17, 15) is 9.59 Å². The van der Waals surface area contributed by atoms with Gasteiger partial charge in [0.1, 0.15) is 6.04 Å². The molecule has 12 heavy (non-hydrogen) atoms. The van der Waals surface area contributed by atoms with Gasteiger partial charge in [0.2, 0.25) is 0 Å². The number of thioether (sulfide) groups is 1. The number of ketones is 1. The van der Waals surface area contributed by atoms with Crippen LogP contribution in [0.3, 0.4) is 0 Å². The molecule has 0 bridgehead atoms. The van der Waals surface area contributed by atoms with Crippen molar-refractivity contribution in [2.45, 2.75) is 18.4 Å². The molecule has 0 rings (SSSR count). The van der Waals surface area contributed by atoms with E-state index in [4.69, 9.17) is 15.9 Å². The normalized spacial score (nSPS) is 15.2. The molecular formula is C6H11NO4S. The van der Waals surface area contributed by atoms with Crippen molar-refractivity contribution >= 4 is 23.5 Å². The fourth-order valence-electron chi connectivity index (χ4n) is 0.383. The van der Waals surface area contributed by atoms with Crippen LogP contribution >= 0.6 is 11.8 Å². The first-order valence-corrected chi connectivity index (χ1v) is 4.28. The smallest absolute Gasteiger partial charge is 0.321 e. The fraction of sp³-hybridized carbons (Fsp3) is 0.667. The second kappa shape index (κ2) is 5.13. The van der Waals surface area contributed by atoms with E-state index in [1.807, 2.05) is 0 Å². The predicted octanol–water partition coefficient (Wildman–Crippen LogP) is -0.961. The summed E-state index contributed by atoms with van der Waals surface area (Å²) in [5, 5.41) is 17.3. The molecular weight excluding hydrogens is 182 g/mol. The van der Waals surface area contributed by atoms with Crippen LogP contribution in [-0.4, -0.2) is 39.2 Å². The van der Waals surface area contributed by atoms with Crippen LogP contribution < -0.4 is 5.73 Å². The monoisotopic (exact) mass is 193 g/mol. The first kappa shape index (κ1) is 11.4. The van der Waals surface area contributed by atoms with Crippen molar-refractivity contribution in [3.63, 3.8) is 0 Å². The maximum atomic E-state index is 10.5. The van der Waals surface area contributed by atoms with Crippen molar-refractivity contribution in [1.82, 2.24) is 0 Å². The molecule has 0 radical (unpaired) electrons. The molecule has 0 aliphatic rings. The van der Waals surface area contributed by atoms with E-state index >= 15 is 0 Å². The van der Waals surface area contributed by atoms with Gasteiger partial charge < -0.3 is 15.9 Å². The van der Waals surface area contributed by atoms with Crippen molar-refractivity contribution in [2.75, 3.05) is 5.75 Å². The minimum atomic E-state index is -1.17. The number of nitrogens with two attached hydrogens (primary N) is 1. The second-order valence-electron chi connectivity index (χ2n) is 2.24. The highest BCUT2D eigenvalue weighted by atomic mass is 32.2. The van der Waals surface area contributed by atoms with Crippen molar-refractivity contribution in [3.05, 3.63) is 0 Å². The summed E-state index contributed by atoms with van der Waals surface area (Å²) in [6.45, 7) is 1.23. The summed E-state index contributed by atoms with van der Waals surface area (Å²) >= 11 is 0.821. The Morgan fingerprint density at radius 1 is 1.58 bits per heavy atom. The largest absolute Gasteiger partial charge is 0.480 e. The molecule has 0 aliphatic carbocycles. The third kappa shape index (κ3) is 4.32. The van der Waals surface area contributed by atoms with E-state index in [2.05, 4.69) is 0 Å². The average molecular weight is 193 g/mol. The number of aliphatic carboxylic acids is 1. The van der Waals surface area contributed by atoms with Crippen LogP contribution in [0.1, 0.15) is 6.92 Å². The standard InChI is InChI=1S/C6H11NO4S/c1-3(8)6(11)12-2-4(7)5(9)10/h4,6,11H,2,7H2,1H3,(H,9,10)/t4?,6-/m1/s1. The number of rotatable bonds is 5. The molecule has 0 aliphatic heterocycles. The minimum Gasteiger partial charge on any atom is -0.480 e. The third-order valence-electron chi connectivity index (χ3n) is 1.10. The molecule has 2 atom stereocenters. The van der Waals surface area contributed by atoms with Crippen LogP contribution in [0.25, 0.3) is 0 Å². The van der Waals surface area contributed by atoms with E-state index in [0.29, 0.717) is 0 Å². The molecule has 4 N–H and O–H groups in total. The quantitative estimate of drug-likeness (QED) is 0.486. The van der Waals surface area contributed by atoms with Crippen molar-refractivity contribution < 1.29 is 19.8 Å². The molecule has 0 aromatic carbocycles. The summed E-state index contributed by atoms with van der Waals surface area (Å²) in [4.78, 5) is 20.6. The van der Waals surface area contributed by atoms with E-state index in [1.165, 1.54) is 6.92 Å². The Hall–Kier alpha value is -0.590. The van der Waals surface area contributed by atoms with Gasteiger partial charge in [-0.05, 0) is 6.92 Å². The molecule has 0 heterocycles. The molecule has 0 amide bonds. The summed E-state index contributed by atoms with van der Waals surface area (Å²) in [7, 11) is 0. The SMILES string of the molecule is CC(=O)[C@H](O)SCC(N)C(=O)O. The molecule has 0 saturated heterocycles. The summed E-state index contributed by atoms with van der Waals surface area (Å²) in [6.07, 6.45) is 0. The summed E-state index contributed by atoms with van der Waals surface area (Å²) in [5.74, 6) is -1.52. The second-order valence-corrected chi connectivity index (χ2v) is 3.35. The first-order valence-electron chi connectivity index (χ1n) is 3.23. The first-order chi connectivity index (χ1) is 5.45. The van der Waals surface area contributed by atoms with Gasteiger partial charge >= 0.3 is 5.97 Å². The maximum Gasteiger partial charge on any atom is 0.321 e. The zero-order valence-electron chi connectivity index (χ0n) is 6.56. The number of aliphatic hydroxyl groups is 1. The van der Waals surface area contributed by atoms with Gasteiger partial charge in [0.25, 0.3) is 0 Å². The molecule has 1 unspecified atom stereocenters. The van der Waals surface area contributed by atoms with Crippen molar-refractivity contribution in [1.29, 1.82) is 0 Å². The molecule has 0 aromatic rings. The van der Waals surface area contributed by atoms with Gasteiger partial charge in [0.05, 0.1) is 0 Å². The Labute approximate surface area is 73.9 Å². The number of carbonyl (C=O) groups excluding carboxylic acids is 1. The Morgan fingerprint density at radius 2 is 2.08 bits per heavy atom. The van der Waals surface area contributed by atoms with Crippen LogP contribution in [0.4, 0.5) is 0 Å². The lowest BCUT2D eigenvalue weighted by molar-refractivity contribution is -0.138. The number of Topliss-reactive ketones (excluding diaryl/α,β-unsaturated/α-hetero) is 1. The maximum absolute atomic E-state index is 10.5. The minimum absolute atomic E-state index is 0.0239. The average Bonchev–Trinajstić information content (AvgIpc) is 1.98. The zero-order chi connectivity index (χ0) is 9.72. The van der Waals surface area contributed by atoms with E-state index < -0.39 is 23.2 Å². The fourth-order valence-corrected chi connectivity index (χ4v) is 1.15. The Bertz CT molecular complexity index is 164. The highest BCUT2D eigenvalue weighted by Gasteiger charge is 2.16. The van der Waals surface area contributed by atoms with Crippen LogP contribution in [0.15, 0.2) is 0 Å². The van der Waals surface area contributed by atoms with Crippen LogP contribution in [0.5, 0.6) is 0 Å². The number of carboxylic acid groups (broad SMARTS) is 1.